The van der Waals surface area contributed by atoms with Gasteiger partial charge in [-0.3, -0.25) is 4.79 Å². The quantitative estimate of drug-likeness (QED) is 0.780. The van der Waals surface area contributed by atoms with Gasteiger partial charge in [-0.05, 0) is 42.3 Å². The monoisotopic (exact) mass is 288 g/mol. The lowest BCUT2D eigenvalue weighted by Crippen LogP contribution is -2.13. The van der Waals surface area contributed by atoms with Gasteiger partial charge in [-0.15, -0.1) is 11.3 Å². The number of rotatable bonds is 2. The van der Waals surface area contributed by atoms with E-state index in [0.717, 1.165) is 20.6 Å². The van der Waals surface area contributed by atoms with Gasteiger partial charge >= 0.3 is 0 Å². The van der Waals surface area contributed by atoms with Crippen LogP contribution in [-0.4, -0.2) is 18.5 Å². The SMILES string of the molecule is Cc1cc(Br)c(C(=O)C2COC(C)C2)s1. The second-order valence-electron chi connectivity index (χ2n) is 3.97. The van der Waals surface area contributed by atoms with Crippen molar-refractivity contribution in [3.8, 4) is 0 Å². The third kappa shape index (κ3) is 2.32. The molecule has 15 heavy (non-hydrogen) atoms. The number of Topliss-reactive ketones (excluding diaryl/α,β-unsaturated/α-hetero) is 1. The molecule has 0 saturated carbocycles. The maximum Gasteiger partial charge on any atom is 0.179 e. The minimum absolute atomic E-state index is 0.0503. The first kappa shape index (κ1) is 11.3. The fraction of sp³-hybridized carbons (Fsp3) is 0.545. The van der Waals surface area contributed by atoms with Crippen molar-refractivity contribution >= 4 is 33.0 Å². The largest absolute Gasteiger partial charge is 0.378 e. The van der Waals surface area contributed by atoms with Crippen molar-refractivity contribution in [2.24, 2.45) is 5.92 Å². The smallest absolute Gasteiger partial charge is 0.179 e. The third-order valence-corrected chi connectivity index (χ3v) is 4.56. The average Bonchev–Trinajstić information content (AvgIpc) is 2.71. The number of ether oxygens (including phenoxy) is 1. The molecule has 2 nitrogen and oxygen atoms in total. The maximum absolute atomic E-state index is 12.1. The Morgan fingerprint density at radius 1 is 1.67 bits per heavy atom. The highest BCUT2D eigenvalue weighted by Crippen LogP contribution is 2.32. The molecule has 0 aliphatic carbocycles. The molecule has 0 N–H and O–H groups in total. The van der Waals surface area contributed by atoms with E-state index in [1.807, 2.05) is 19.9 Å². The zero-order valence-electron chi connectivity index (χ0n) is 8.75. The van der Waals surface area contributed by atoms with Crippen LogP contribution in [0.5, 0.6) is 0 Å². The summed E-state index contributed by atoms with van der Waals surface area (Å²) in [6.07, 6.45) is 1.07. The Morgan fingerprint density at radius 3 is 2.87 bits per heavy atom. The van der Waals surface area contributed by atoms with Gasteiger partial charge in [0.1, 0.15) is 0 Å². The molecule has 4 heteroatoms. The molecular weight excluding hydrogens is 276 g/mol. The number of hydrogen-bond donors (Lipinski definition) is 0. The summed E-state index contributed by atoms with van der Waals surface area (Å²) in [6.45, 7) is 4.60. The molecular formula is C11H13BrO2S. The van der Waals surface area contributed by atoms with Crippen molar-refractivity contribution in [1.29, 1.82) is 0 Å². The highest BCUT2D eigenvalue weighted by molar-refractivity contribution is 9.10. The second-order valence-corrected chi connectivity index (χ2v) is 6.09. The summed E-state index contributed by atoms with van der Waals surface area (Å²) in [4.78, 5) is 14.1. The number of carbonyl (C=O) groups is 1. The zero-order valence-corrected chi connectivity index (χ0v) is 11.2. The Labute approximate surface area is 102 Å². The van der Waals surface area contributed by atoms with E-state index in [0.29, 0.717) is 6.61 Å². The van der Waals surface area contributed by atoms with Gasteiger partial charge in [0.2, 0.25) is 0 Å². The molecule has 1 aliphatic heterocycles. The molecule has 0 aromatic carbocycles. The van der Waals surface area contributed by atoms with Gasteiger partial charge in [-0.25, -0.2) is 0 Å². The Hall–Kier alpha value is -0.190. The Kier molecular flexibility index (Phi) is 3.28. The molecule has 2 unspecified atom stereocenters. The predicted molar refractivity (Wildman–Crippen MR) is 64.6 cm³/mol. The standard InChI is InChI=1S/C11H13BrO2S/c1-6-3-8(5-14-6)10(13)11-9(12)4-7(2)15-11/h4,6,8H,3,5H2,1-2H3. The van der Waals surface area contributed by atoms with Crippen molar-refractivity contribution < 1.29 is 9.53 Å². The zero-order chi connectivity index (χ0) is 11.0. The van der Waals surface area contributed by atoms with Crippen molar-refractivity contribution in [2.75, 3.05) is 6.61 Å². The Morgan fingerprint density at radius 2 is 2.40 bits per heavy atom. The topological polar surface area (TPSA) is 26.3 Å². The van der Waals surface area contributed by atoms with Crippen LogP contribution in [0.2, 0.25) is 0 Å². The molecule has 82 valence electrons. The first-order valence-corrected chi connectivity index (χ1v) is 6.60. The molecule has 2 heterocycles. The molecule has 2 rings (SSSR count). The van der Waals surface area contributed by atoms with E-state index in [1.54, 1.807) is 11.3 Å². The van der Waals surface area contributed by atoms with Crippen LogP contribution in [0.4, 0.5) is 0 Å². The van der Waals surface area contributed by atoms with Gasteiger partial charge in [0.25, 0.3) is 0 Å². The van der Waals surface area contributed by atoms with Crippen LogP contribution in [0.25, 0.3) is 0 Å². The van der Waals surface area contributed by atoms with Crippen LogP contribution in [0, 0.1) is 12.8 Å². The van der Waals surface area contributed by atoms with E-state index < -0.39 is 0 Å². The van der Waals surface area contributed by atoms with Crippen LogP contribution in [0.1, 0.15) is 27.9 Å². The lowest BCUT2D eigenvalue weighted by Gasteiger charge is -2.04. The van der Waals surface area contributed by atoms with Gasteiger partial charge in [-0.2, -0.15) is 0 Å². The van der Waals surface area contributed by atoms with E-state index in [4.69, 9.17) is 4.74 Å². The normalized spacial score (nSPS) is 25.8. The van der Waals surface area contributed by atoms with Crippen molar-refractivity contribution in [1.82, 2.24) is 0 Å². The number of ketones is 1. The first-order valence-electron chi connectivity index (χ1n) is 4.99. The highest BCUT2D eigenvalue weighted by atomic mass is 79.9. The Balaban J connectivity index is 2.17. The van der Waals surface area contributed by atoms with Crippen LogP contribution < -0.4 is 0 Å². The van der Waals surface area contributed by atoms with E-state index in [1.165, 1.54) is 0 Å². The number of aryl methyl sites for hydroxylation is 1. The van der Waals surface area contributed by atoms with E-state index in [9.17, 15) is 4.79 Å². The molecule has 0 radical (unpaired) electrons. The highest BCUT2D eigenvalue weighted by Gasteiger charge is 2.30. The molecule has 1 aromatic rings. The molecule has 1 saturated heterocycles. The minimum Gasteiger partial charge on any atom is -0.378 e. The summed E-state index contributed by atoms with van der Waals surface area (Å²) < 4.78 is 6.35. The number of carbonyl (C=O) groups excluding carboxylic acids is 1. The van der Waals surface area contributed by atoms with Gasteiger partial charge in [0, 0.05) is 15.3 Å². The van der Waals surface area contributed by atoms with Gasteiger partial charge in [0.05, 0.1) is 17.6 Å². The molecule has 0 spiro atoms. The summed E-state index contributed by atoms with van der Waals surface area (Å²) in [6, 6.07) is 2.00. The van der Waals surface area contributed by atoms with Crippen LogP contribution in [0.15, 0.2) is 10.5 Å². The predicted octanol–water partition coefficient (Wildman–Crippen LogP) is 3.43. The summed E-state index contributed by atoms with van der Waals surface area (Å²) in [5.41, 5.74) is 0. The minimum atomic E-state index is 0.0503. The fourth-order valence-corrected chi connectivity index (χ4v) is 3.69. The van der Waals surface area contributed by atoms with Crippen molar-refractivity contribution in [2.45, 2.75) is 26.4 Å². The van der Waals surface area contributed by atoms with Crippen LogP contribution in [0.3, 0.4) is 0 Å². The van der Waals surface area contributed by atoms with E-state index in [2.05, 4.69) is 15.9 Å². The molecule has 1 fully saturated rings. The van der Waals surface area contributed by atoms with Gasteiger partial charge in [0.15, 0.2) is 5.78 Å². The molecule has 0 bridgehead atoms. The maximum atomic E-state index is 12.1. The first-order chi connectivity index (χ1) is 7.08. The number of halogens is 1. The van der Waals surface area contributed by atoms with Crippen molar-refractivity contribution in [3.63, 3.8) is 0 Å². The molecule has 1 aromatic heterocycles. The molecule has 2 atom stereocenters. The summed E-state index contributed by atoms with van der Waals surface area (Å²) in [7, 11) is 0. The lowest BCUT2D eigenvalue weighted by atomic mass is 10.0. The van der Waals surface area contributed by atoms with Gasteiger partial charge < -0.3 is 4.74 Å². The molecule has 0 amide bonds. The van der Waals surface area contributed by atoms with Crippen LogP contribution >= 0.6 is 27.3 Å². The molecule has 1 aliphatic rings. The summed E-state index contributed by atoms with van der Waals surface area (Å²) in [5.74, 6) is 0.277. The summed E-state index contributed by atoms with van der Waals surface area (Å²) >= 11 is 4.99. The van der Waals surface area contributed by atoms with E-state index in [-0.39, 0.29) is 17.8 Å². The fourth-order valence-electron chi connectivity index (χ4n) is 1.84. The lowest BCUT2D eigenvalue weighted by molar-refractivity contribution is 0.0881. The summed E-state index contributed by atoms with van der Waals surface area (Å²) in [5, 5.41) is 0. The number of hydrogen-bond acceptors (Lipinski definition) is 3. The van der Waals surface area contributed by atoms with Gasteiger partial charge in [-0.1, -0.05) is 0 Å². The average molecular weight is 289 g/mol. The van der Waals surface area contributed by atoms with Crippen molar-refractivity contribution in [3.05, 3.63) is 20.3 Å². The van der Waals surface area contributed by atoms with E-state index >= 15 is 0 Å². The third-order valence-electron chi connectivity index (χ3n) is 2.60. The second kappa shape index (κ2) is 4.36. The number of thiophene rings is 1. The van der Waals surface area contributed by atoms with Crippen LogP contribution in [-0.2, 0) is 4.74 Å². The Bertz CT molecular complexity index is 386.